The van der Waals surface area contributed by atoms with Crippen LogP contribution in [0.25, 0.3) is 0 Å². The molecule has 0 aromatic carbocycles. The molecule has 1 atom stereocenters. The first kappa shape index (κ1) is 64.6. The Labute approximate surface area is 421 Å². The Hall–Kier alpha value is -3.44. The van der Waals surface area contributed by atoms with Gasteiger partial charge in [0.1, 0.15) is 6.61 Å². The zero-order valence-corrected chi connectivity index (χ0v) is 44.6. The summed E-state index contributed by atoms with van der Waals surface area (Å²) >= 11 is 0. The molecule has 0 fully saturated rings. The molecule has 0 aliphatic rings. The van der Waals surface area contributed by atoms with Crippen LogP contribution in [0.1, 0.15) is 252 Å². The van der Waals surface area contributed by atoms with Crippen molar-refractivity contribution in [1.82, 2.24) is 0 Å². The van der Waals surface area contributed by atoms with E-state index in [1.54, 1.807) is 0 Å². The highest BCUT2D eigenvalue weighted by Crippen LogP contribution is 2.15. The van der Waals surface area contributed by atoms with Crippen molar-refractivity contribution in [3.63, 3.8) is 0 Å². The van der Waals surface area contributed by atoms with E-state index >= 15 is 0 Å². The summed E-state index contributed by atoms with van der Waals surface area (Å²) in [6, 6.07) is 0. The fourth-order valence-corrected chi connectivity index (χ4v) is 7.66. The van der Waals surface area contributed by atoms with E-state index in [1.165, 1.54) is 116 Å². The second-order valence-corrected chi connectivity index (χ2v) is 18.4. The molecule has 0 saturated heterocycles. The van der Waals surface area contributed by atoms with Crippen LogP contribution in [-0.4, -0.2) is 37.9 Å². The van der Waals surface area contributed by atoms with Crippen LogP contribution in [0.4, 0.5) is 0 Å². The fourth-order valence-electron chi connectivity index (χ4n) is 7.66. The van der Waals surface area contributed by atoms with E-state index in [2.05, 4.69) is 130 Å². The van der Waals surface area contributed by atoms with Crippen LogP contribution < -0.4 is 0 Å². The average Bonchev–Trinajstić information content (AvgIpc) is 3.34. The molecule has 0 heterocycles. The average molecular weight is 944 g/mol. The van der Waals surface area contributed by atoms with Crippen LogP contribution >= 0.6 is 0 Å². The molecule has 0 rings (SSSR count). The Balaban J connectivity index is 4.40. The maximum atomic E-state index is 12.9. The maximum absolute atomic E-state index is 12.9. The summed E-state index contributed by atoms with van der Waals surface area (Å²) < 4.78 is 17.4. The lowest BCUT2D eigenvalue weighted by Crippen LogP contribution is -2.30. The van der Waals surface area contributed by atoms with Gasteiger partial charge in [-0.2, -0.15) is 0 Å². The van der Waals surface area contributed by atoms with Crippen molar-refractivity contribution in [2.45, 2.75) is 258 Å². The summed E-state index contributed by atoms with van der Waals surface area (Å²) in [4.78, 5) is 25.5. The van der Waals surface area contributed by atoms with Gasteiger partial charge in [0.05, 0.1) is 6.61 Å². The number of unbranched alkanes of at least 4 members (excludes halogenated alkanes) is 22. The topological polar surface area (TPSA) is 61.8 Å². The predicted molar refractivity (Wildman–Crippen MR) is 297 cm³/mol. The number of carbonyl (C=O) groups excluding carboxylic acids is 2. The summed E-state index contributed by atoms with van der Waals surface area (Å²) in [7, 11) is 0. The number of allylic oxidation sites excluding steroid dienone is 18. The van der Waals surface area contributed by atoms with Crippen LogP contribution in [0.2, 0.25) is 0 Å². The van der Waals surface area contributed by atoms with Crippen LogP contribution in [0.15, 0.2) is 109 Å². The van der Waals surface area contributed by atoms with E-state index in [-0.39, 0.29) is 25.2 Å². The van der Waals surface area contributed by atoms with Gasteiger partial charge in [0.15, 0.2) is 6.10 Å². The van der Waals surface area contributed by atoms with E-state index < -0.39 is 6.10 Å². The van der Waals surface area contributed by atoms with Gasteiger partial charge in [-0.3, -0.25) is 9.59 Å². The highest BCUT2D eigenvalue weighted by atomic mass is 16.6. The maximum Gasteiger partial charge on any atom is 0.306 e. The van der Waals surface area contributed by atoms with Gasteiger partial charge in [0.2, 0.25) is 0 Å². The van der Waals surface area contributed by atoms with E-state index in [0.29, 0.717) is 19.4 Å². The molecule has 0 aliphatic carbocycles. The first-order valence-electron chi connectivity index (χ1n) is 28.4. The van der Waals surface area contributed by atoms with Gasteiger partial charge >= 0.3 is 11.9 Å². The summed E-state index contributed by atoms with van der Waals surface area (Å²) in [6.45, 7) is 7.52. The lowest BCUT2D eigenvalue weighted by Gasteiger charge is -2.18. The molecule has 0 aliphatic heterocycles. The van der Waals surface area contributed by atoms with Gasteiger partial charge in [-0.05, 0) is 96.3 Å². The third-order valence-electron chi connectivity index (χ3n) is 11.8. The molecule has 5 nitrogen and oxygen atoms in total. The van der Waals surface area contributed by atoms with Crippen molar-refractivity contribution in [3.05, 3.63) is 109 Å². The molecule has 0 amide bonds. The van der Waals surface area contributed by atoms with Gasteiger partial charge in [-0.15, -0.1) is 0 Å². The minimum atomic E-state index is -0.575. The largest absolute Gasteiger partial charge is 0.462 e. The van der Waals surface area contributed by atoms with Gasteiger partial charge in [0.25, 0.3) is 0 Å². The normalized spacial score (nSPS) is 13.0. The van der Waals surface area contributed by atoms with Gasteiger partial charge < -0.3 is 14.2 Å². The second kappa shape index (κ2) is 57.9. The van der Waals surface area contributed by atoms with Crippen molar-refractivity contribution in [1.29, 1.82) is 0 Å². The zero-order chi connectivity index (χ0) is 49.2. The van der Waals surface area contributed by atoms with Crippen molar-refractivity contribution < 1.29 is 23.8 Å². The minimum absolute atomic E-state index is 0.0442. The minimum Gasteiger partial charge on any atom is -0.462 e. The van der Waals surface area contributed by atoms with Crippen LogP contribution in [0, 0.1) is 0 Å². The van der Waals surface area contributed by atoms with Gasteiger partial charge in [-0.1, -0.05) is 252 Å². The molecule has 0 radical (unpaired) electrons. The highest BCUT2D eigenvalue weighted by molar-refractivity contribution is 5.70. The summed E-state index contributed by atoms with van der Waals surface area (Å²) in [5.41, 5.74) is 0. The number of esters is 2. The van der Waals surface area contributed by atoms with Crippen molar-refractivity contribution >= 4 is 11.9 Å². The standard InChI is InChI=1S/C63H106O5/c1-4-7-10-13-16-19-22-25-28-31-34-37-40-43-46-49-52-55-58-66-59-61(68-63(65)57-54-51-48-45-42-39-36-33-30-27-24-21-18-15-12-9-6-3)60-67-62(64)56-53-50-47-44-41-38-35-32-29-26-23-20-17-14-11-8-5-2/h7-8,10-11,16-17,19-20,25-26,28-29,34-35,37-38,44,47,61H,4-6,9,12-15,18,21-24,27,30-33,36,39-43,45-46,48-60H2,1-3H3/b10-7-,11-8-,19-16-,20-17-,28-25-,29-26-,37-34-,38-35-,47-44-. The number of carbonyl (C=O) groups is 2. The molecule has 0 aromatic heterocycles. The molecule has 0 bridgehead atoms. The van der Waals surface area contributed by atoms with Crippen LogP contribution in [0.3, 0.4) is 0 Å². The smallest absolute Gasteiger partial charge is 0.306 e. The van der Waals surface area contributed by atoms with E-state index in [4.69, 9.17) is 14.2 Å². The Bertz CT molecular complexity index is 1340. The molecule has 1 unspecified atom stereocenters. The van der Waals surface area contributed by atoms with Crippen molar-refractivity contribution in [2.24, 2.45) is 0 Å². The number of ether oxygens (including phenoxy) is 3. The third kappa shape index (κ3) is 55.2. The fraction of sp³-hybridized carbons (Fsp3) is 0.683. The Morgan fingerprint density at radius 3 is 1.10 bits per heavy atom. The molecular formula is C63H106O5. The Morgan fingerprint density at radius 1 is 0.338 bits per heavy atom. The van der Waals surface area contributed by atoms with E-state index in [0.717, 1.165) is 103 Å². The highest BCUT2D eigenvalue weighted by Gasteiger charge is 2.17. The molecule has 0 spiro atoms. The molecular weight excluding hydrogens is 837 g/mol. The SMILES string of the molecule is CC/C=C\C/C=C\C/C=C\C/C=C\C/C=C\CCCC(=O)OCC(COCCCCCCC/C=C\C/C=C\C/C=C\C/C=C\CC)OC(=O)CCCCCCCCCCCCCCCCCCC. The molecule has 0 N–H and O–H groups in total. The predicted octanol–water partition coefficient (Wildman–Crippen LogP) is 19.6. The summed E-state index contributed by atoms with van der Waals surface area (Å²) in [6.07, 6.45) is 79.7. The Morgan fingerprint density at radius 2 is 0.676 bits per heavy atom. The van der Waals surface area contributed by atoms with Crippen molar-refractivity contribution in [3.8, 4) is 0 Å². The molecule has 0 saturated carbocycles. The van der Waals surface area contributed by atoms with Gasteiger partial charge in [-0.25, -0.2) is 0 Å². The lowest BCUT2D eigenvalue weighted by molar-refractivity contribution is -0.163. The Kier molecular flexibility index (Phi) is 54.9. The first-order valence-corrected chi connectivity index (χ1v) is 28.4. The lowest BCUT2D eigenvalue weighted by atomic mass is 10.0. The summed E-state index contributed by atoms with van der Waals surface area (Å²) in [5.74, 6) is -0.473. The van der Waals surface area contributed by atoms with E-state index in [9.17, 15) is 9.59 Å². The molecule has 0 aromatic rings. The molecule has 388 valence electrons. The number of hydrogen-bond acceptors (Lipinski definition) is 5. The van der Waals surface area contributed by atoms with Crippen LogP contribution in [-0.2, 0) is 23.8 Å². The van der Waals surface area contributed by atoms with Crippen LogP contribution in [0.5, 0.6) is 0 Å². The van der Waals surface area contributed by atoms with E-state index in [1.807, 2.05) is 0 Å². The quantitative estimate of drug-likeness (QED) is 0.0345. The number of hydrogen-bond donors (Lipinski definition) is 0. The molecule has 68 heavy (non-hydrogen) atoms. The van der Waals surface area contributed by atoms with Gasteiger partial charge in [0, 0.05) is 19.4 Å². The second-order valence-electron chi connectivity index (χ2n) is 18.4. The summed E-state index contributed by atoms with van der Waals surface area (Å²) in [5, 5.41) is 0. The molecule has 5 heteroatoms. The third-order valence-corrected chi connectivity index (χ3v) is 11.8. The zero-order valence-electron chi connectivity index (χ0n) is 44.6. The number of rotatable bonds is 51. The monoisotopic (exact) mass is 943 g/mol. The van der Waals surface area contributed by atoms with Crippen molar-refractivity contribution in [2.75, 3.05) is 19.8 Å². The first-order chi connectivity index (χ1) is 33.6.